The van der Waals surface area contributed by atoms with Crippen molar-refractivity contribution in [3.63, 3.8) is 0 Å². The molecule has 0 spiro atoms. The van der Waals surface area contributed by atoms with E-state index in [1.807, 2.05) is 58.3 Å². The molecule has 2 aromatic carbocycles. The fourth-order valence-corrected chi connectivity index (χ4v) is 5.27. The van der Waals surface area contributed by atoms with Crippen LogP contribution in [0.2, 0.25) is 0 Å². The van der Waals surface area contributed by atoms with Crippen LogP contribution in [0.5, 0.6) is 11.5 Å². The molecule has 0 aliphatic heterocycles. The zero-order chi connectivity index (χ0) is 22.1. The monoisotopic (exact) mass is 464 g/mol. The summed E-state index contributed by atoms with van der Waals surface area (Å²) in [6, 6.07) is 17.6. The fourth-order valence-electron chi connectivity index (χ4n) is 3.56. The average molecular weight is 465 g/mol. The van der Waals surface area contributed by atoms with Crippen molar-refractivity contribution in [3.05, 3.63) is 81.5 Å². The standard InChI is InChI=1S/C23H20N4O3S2/c1-29-17-8-6-15(7-9-17)13-26-21(28)20-19(10-11-31-20)27-22(26)24-25-23(27)32-14-16-4-3-5-18(12-16)30-2/h3-12H,13-14H2,1-2H3. The number of thioether (sulfide) groups is 1. The summed E-state index contributed by atoms with van der Waals surface area (Å²) in [6.45, 7) is 0.402. The van der Waals surface area contributed by atoms with Crippen LogP contribution >= 0.6 is 23.1 Å². The van der Waals surface area contributed by atoms with Crippen LogP contribution < -0.4 is 15.0 Å². The summed E-state index contributed by atoms with van der Waals surface area (Å²) in [5.74, 6) is 2.84. The zero-order valence-electron chi connectivity index (χ0n) is 17.5. The van der Waals surface area contributed by atoms with Crippen LogP contribution in [0.1, 0.15) is 11.1 Å². The number of thiophene rings is 1. The largest absolute Gasteiger partial charge is 0.497 e. The predicted octanol–water partition coefficient (Wildman–Crippen LogP) is 4.46. The van der Waals surface area contributed by atoms with Crippen LogP contribution in [0.25, 0.3) is 16.0 Å². The number of hydrogen-bond acceptors (Lipinski definition) is 7. The van der Waals surface area contributed by atoms with Gasteiger partial charge in [0.25, 0.3) is 5.56 Å². The first-order valence-corrected chi connectivity index (χ1v) is 11.8. The third kappa shape index (κ3) is 3.74. The van der Waals surface area contributed by atoms with E-state index in [0.717, 1.165) is 33.3 Å². The minimum absolute atomic E-state index is 0.0601. The molecule has 5 rings (SSSR count). The Balaban J connectivity index is 1.55. The van der Waals surface area contributed by atoms with Crippen molar-refractivity contribution in [3.8, 4) is 11.5 Å². The summed E-state index contributed by atoms with van der Waals surface area (Å²) in [5, 5.41) is 11.5. The fraction of sp³-hybridized carbons (Fsp3) is 0.174. The second-order valence-electron chi connectivity index (χ2n) is 7.13. The van der Waals surface area contributed by atoms with Crippen molar-refractivity contribution in [1.29, 1.82) is 0 Å². The molecule has 7 nitrogen and oxygen atoms in total. The Kier molecular flexibility index (Phi) is 5.59. The molecule has 9 heteroatoms. The molecule has 32 heavy (non-hydrogen) atoms. The van der Waals surface area contributed by atoms with E-state index in [1.165, 1.54) is 11.3 Å². The number of aromatic nitrogens is 4. The van der Waals surface area contributed by atoms with Gasteiger partial charge in [0, 0.05) is 5.75 Å². The highest BCUT2D eigenvalue weighted by molar-refractivity contribution is 7.98. The molecule has 0 saturated carbocycles. The second-order valence-corrected chi connectivity index (χ2v) is 8.99. The third-order valence-corrected chi connectivity index (χ3v) is 7.08. The molecule has 0 aliphatic carbocycles. The predicted molar refractivity (Wildman–Crippen MR) is 127 cm³/mol. The molecule has 0 N–H and O–H groups in total. The lowest BCUT2D eigenvalue weighted by atomic mass is 10.2. The quantitative estimate of drug-likeness (QED) is 0.331. The van der Waals surface area contributed by atoms with Crippen LogP contribution in [0, 0.1) is 0 Å². The van der Waals surface area contributed by atoms with E-state index in [1.54, 1.807) is 30.5 Å². The van der Waals surface area contributed by atoms with Gasteiger partial charge < -0.3 is 9.47 Å². The lowest BCUT2D eigenvalue weighted by molar-refractivity contribution is 0.414. The molecule has 0 unspecified atom stereocenters. The maximum atomic E-state index is 13.2. The summed E-state index contributed by atoms with van der Waals surface area (Å²) in [4.78, 5) is 13.2. The first kappa shape index (κ1) is 20.6. The van der Waals surface area contributed by atoms with E-state index in [0.29, 0.717) is 22.8 Å². The van der Waals surface area contributed by atoms with Crippen molar-refractivity contribution in [2.75, 3.05) is 14.2 Å². The van der Waals surface area contributed by atoms with Gasteiger partial charge in [0.1, 0.15) is 16.2 Å². The molecule has 0 radical (unpaired) electrons. The first-order chi connectivity index (χ1) is 15.7. The van der Waals surface area contributed by atoms with Crippen LogP contribution in [-0.4, -0.2) is 33.4 Å². The molecule has 0 amide bonds. The summed E-state index contributed by atoms with van der Waals surface area (Å²) in [5.41, 5.74) is 2.88. The average Bonchev–Trinajstić information content (AvgIpc) is 3.48. The minimum Gasteiger partial charge on any atom is -0.497 e. The van der Waals surface area contributed by atoms with Crippen molar-refractivity contribution in [2.24, 2.45) is 0 Å². The van der Waals surface area contributed by atoms with Crippen molar-refractivity contribution in [1.82, 2.24) is 19.2 Å². The first-order valence-electron chi connectivity index (χ1n) is 9.91. The maximum absolute atomic E-state index is 13.2. The van der Waals surface area contributed by atoms with Gasteiger partial charge in [-0.25, -0.2) is 0 Å². The maximum Gasteiger partial charge on any atom is 0.273 e. The van der Waals surface area contributed by atoms with Gasteiger partial charge in [-0.2, -0.15) is 0 Å². The third-order valence-electron chi connectivity index (χ3n) is 5.18. The molecule has 0 saturated heterocycles. The minimum atomic E-state index is -0.0601. The van der Waals surface area contributed by atoms with Gasteiger partial charge in [0.05, 0.1) is 26.3 Å². The van der Waals surface area contributed by atoms with Gasteiger partial charge in [0.2, 0.25) is 5.78 Å². The summed E-state index contributed by atoms with van der Waals surface area (Å²) < 4.78 is 14.9. The molecule has 0 atom stereocenters. The van der Waals surface area contributed by atoms with Crippen LogP contribution in [0.4, 0.5) is 0 Å². The Morgan fingerprint density at radius 3 is 2.56 bits per heavy atom. The molecule has 0 aliphatic rings. The van der Waals surface area contributed by atoms with Gasteiger partial charge in [-0.15, -0.1) is 21.5 Å². The Morgan fingerprint density at radius 2 is 1.78 bits per heavy atom. The van der Waals surface area contributed by atoms with E-state index in [9.17, 15) is 4.79 Å². The molecule has 0 bridgehead atoms. The number of fused-ring (bicyclic) bond motifs is 3. The van der Waals surface area contributed by atoms with Crippen LogP contribution in [0.3, 0.4) is 0 Å². The topological polar surface area (TPSA) is 70.7 Å². The van der Waals surface area contributed by atoms with Crippen molar-refractivity contribution in [2.45, 2.75) is 17.5 Å². The van der Waals surface area contributed by atoms with Gasteiger partial charge in [0.15, 0.2) is 5.16 Å². The second kappa shape index (κ2) is 8.68. The van der Waals surface area contributed by atoms with Crippen molar-refractivity contribution >= 4 is 39.1 Å². The number of nitrogens with zero attached hydrogens (tertiary/aromatic N) is 4. The van der Waals surface area contributed by atoms with Gasteiger partial charge in [-0.1, -0.05) is 36.0 Å². The Morgan fingerprint density at radius 1 is 0.969 bits per heavy atom. The van der Waals surface area contributed by atoms with Gasteiger partial charge in [-0.3, -0.25) is 13.8 Å². The molecular formula is C23H20N4O3S2. The summed E-state index contributed by atoms with van der Waals surface area (Å²) >= 11 is 3.01. The SMILES string of the molecule is COc1ccc(Cn2c(=O)c3sccc3n3c(SCc4cccc(OC)c4)nnc23)cc1. The normalized spacial score (nSPS) is 11.3. The van der Waals surface area contributed by atoms with Crippen molar-refractivity contribution < 1.29 is 9.47 Å². The highest BCUT2D eigenvalue weighted by Gasteiger charge is 2.18. The van der Waals surface area contributed by atoms with Gasteiger partial charge >= 0.3 is 0 Å². The highest BCUT2D eigenvalue weighted by atomic mass is 32.2. The van der Waals surface area contributed by atoms with E-state index in [4.69, 9.17) is 9.47 Å². The Hall–Kier alpha value is -3.30. The van der Waals surface area contributed by atoms with E-state index in [-0.39, 0.29) is 5.56 Å². The molecule has 0 fully saturated rings. The Bertz CT molecular complexity index is 1450. The Labute approximate surface area is 192 Å². The number of benzene rings is 2. The van der Waals surface area contributed by atoms with Crippen LogP contribution in [0.15, 0.2) is 69.9 Å². The number of rotatable bonds is 7. The molecule has 3 heterocycles. The summed E-state index contributed by atoms with van der Waals surface area (Å²) in [7, 11) is 3.29. The van der Waals surface area contributed by atoms with E-state index in [2.05, 4.69) is 16.3 Å². The lowest BCUT2D eigenvalue weighted by Gasteiger charge is -2.10. The highest BCUT2D eigenvalue weighted by Crippen LogP contribution is 2.27. The summed E-state index contributed by atoms with van der Waals surface area (Å²) in [6.07, 6.45) is 0. The molecule has 5 aromatic rings. The number of methoxy groups -OCH3 is 2. The molecule has 3 aromatic heterocycles. The number of hydrogen-bond donors (Lipinski definition) is 0. The van der Waals surface area contributed by atoms with E-state index < -0.39 is 0 Å². The number of ether oxygens (including phenoxy) is 2. The molecular weight excluding hydrogens is 444 g/mol. The van der Waals surface area contributed by atoms with Gasteiger partial charge in [-0.05, 0) is 46.8 Å². The van der Waals surface area contributed by atoms with Crippen LogP contribution in [-0.2, 0) is 12.3 Å². The lowest BCUT2D eigenvalue weighted by Crippen LogP contribution is -2.23. The smallest absolute Gasteiger partial charge is 0.273 e. The van der Waals surface area contributed by atoms with E-state index >= 15 is 0 Å². The molecule has 162 valence electrons. The zero-order valence-corrected chi connectivity index (χ0v) is 19.2.